The second-order valence-corrected chi connectivity index (χ2v) is 9.72. The molecule has 2 saturated heterocycles. The van der Waals surface area contributed by atoms with Crippen molar-refractivity contribution in [1.82, 2.24) is 10.2 Å². The molecular formula is C25H24FN3O5. The van der Waals surface area contributed by atoms with Gasteiger partial charge in [0.05, 0.1) is 11.8 Å². The van der Waals surface area contributed by atoms with Crippen LogP contribution in [0.25, 0.3) is 0 Å². The van der Waals surface area contributed by atoms with Crippen LogP contribution in [0.4, 0.5) is 10.1 Å². The average molecular weight is 465 g/mol. The molecule has 9 heteroatoms. The molecule has 4 aliphatic rings. The molecular weight excluding hydrogens is 441 g/mol. The van der Waals surface area contributed by atoms with Gasteiger partial charge in [0, 0.05) is 23.3 Å². The van der Waals surface area contributed by atoms with Crippen molar-refractivity contribution in [2.75, 3.05) is 5.32 Å². The van der Waals surface area contributed by atoms with E-state index in [9.17, 15) is 29.0 Å². The largest absolute Gasteiger partial charge is 0.504 e. The molecule has 3 aliphatic heterocycles. The van der Waals surface area contributed by atoms with E-state index in [2.05, 4.69) is 10.6 Å². The van der Waals surface area contributed by atoms with E-state index in [0.717, 1.165) is 25.7 Å². The molecule has 2 aromatic carbocycles. The Labute approximate surface area is 194 Å². The first-order valence-electron chi connectivity index (χ1n) is 11.6. The molecule has 2 aromatic rings. The van der Waals surface area contributed by atoms with Crippen LogP contribution in [0.1, 0.15) is 36.8 Å². The number of hydrogen-bond acceptors (Lipinski definition) is 6. The normalized spacial score (nSPS) is 30.3. The van der Waals surface area contributed by atoms with Crippen LogP contribution in [0.3, 0.4) is 0 Å². The highest BCUT2D eigenvalue weighted by Crippen LogP contribution is 2.54. The number of halogens is 1. The number of imide groups is 1. The van der Waals surface area contributed by atoms with Crippen LogP contribution in [-0.2, 0) is 26.3 Å². The summed E-state index contributed by atoms with van der Waals surface area (Å²) in [5.41, 5.74) is -0.189. The van der Waals surface area contributed by atoms with Gasteiger partial charge in [-0.15, -0.1) is 0 Å². The number of carbonyl (C=O) groups excluding carboxylic acids is 3. The number of likely N-dealkylation sites (tertiary alicyclic amines) is 1. The zero-order valence-electron chi connectivity index (χ0n) is 18.3. The minimum Gasteiger partial charge on any atom is -0.504 e. The average Bonchev–Trinajstić information content (AvgIpc) is 3.54. The van der Waals surface area contributed by atoms with Crippen molar-refractivity contribution in [3.8, 4) is 11.5 Å². The number of amides is 3. The lowest BCUT2D eigenvalue weighted by atomic mass is 9.76. The summed E-state index contributed by atoms with van der Waals surface area (Å²) >= 11 is 0. The zero-order valence-corrected chi connectivity index (χ0v) is 18.3. The number of hydrogen-bond donors (Lipinski definition) is 4. The van der Waals surface area contributed by atoms with Gasteiger partial charge in [-0.2, -0.15) is 0 Å². The first kappa shape index (κ1) is 21.1. The number of fused-ring (bicyclic) bond motifs is 4. The molecule has 176 valence electrons. The van der Waals surface area contributed by atoms with Crippen molar-refractivity contribution < 1.29 is 29.0 Å². The van der Waals surface area contributed by atoms with E-state index in [4.69, 9.17) is 0 Å². The van der Waals surface area contributed by atoms with E-state index in [1.807, 2.05) is 0 Å². The van der Waals surface area contributed by atoms with Gasteiger partial charge in [0.15, 0.2) is 11.5 Å². The van der Waals surface area contributed by atoms with Crippen molar-refractivity contribution >= 4 is 23.4 Å². The van der Waals surface area contributed by atoms with Crippen LogP contribution in [0.15, 0.2) is 36.4 Å². The van der Waals surface area contributed by atoms with E-state index < -0.39 is 41.0 Å². The highest BCUT2D eigenvalue weighted by molar-refractivity contribution is 6.15. The molecule has 3 fully saturated rings. The Balaban J connectivity index is 1.47. The van der Waals surface area contributed by atoms with Crippen LogP contribution >= 0.6 is 0 Å². The van der Waals surface area contributed by atoms with E-state index in [-0.39, 0.29) is 29.9 Å². The molecule has 4 N–H and O–H groups in total. The fraction of sp³-hybridized carbons (Fsp3) is 0.400. The minimum atomic E-state index is -1.56. The Morgan fingerprint density at radius 1 is 1.00 bits per heavy atom. The summed E-state index contributed by atoms with van der Waals surface area (Å²) in [4.78, 5) is 42.3. The number of phenols is 2. The van der Waals surface area contributed by atoms with Gasteiger partial charge in [-0.3, -0.25) is 24.6 Å². The van der Waals surface area contributed by atoms with E-state index in [1.54, 1.807) is 6.07 Å². The minimum absolute atomic E-state index is 0.183. The molecule has 1 saturated carbocycles. The summed E-state index contributed by atoms with van der Waals surface area (Å²) in [6.07, 6.45) is 3.58. The molecule has 0 radical (unpaired) electrons. The second-order valence-electron chi connectivity index (χ2n) is 9.72. The summed E-state index contributed by atoms with van der Waals surface area (Å²) < 4.78 is 14.3. The molecule has 3 heterocycles. The van der Waals surface area contributed by atoms with Gasteiger partial charge in [0.1, 0.15) is 11.4 Å². The number of nitrogens with one attached hydrogen (secondary N) is 2. The number of aromatic hydroxyl groups is 2. The lowest BCUT2D eigenvalue weighted by Crippen LogP contribution is -2.54. The van der Waals surface area contributed by atoms with Gasteiger partial charge in [0.25, 0.3) is 0 Å². The first-order chi connectivity index (χ1) is 16.3. The Kier molecular flexibility index (Phi) is 4.51. The second kappa shape index (κ2) is 7.27. The van der Waals surface area contributed by atoms with E-state index >= 15 is 0 Å². The number of anilines is 1. The lowest BCUT2D eigenvalue weighted by molar-refractivity contribution is -0.145. The van der Waals surface area contributed by atoms with Gasteiger partial charge in [0.2, 0.25) is 17.7 Å². The van der Waals surface area contributed by atoms with Crippen molar-refractivity contribution in [1.29, 1.82) is 0 Å². The molecule has 1 aliphatic carbocycles. The SMILES string of the molecule is O=C1[C@H]2C(Cc3ccc(O)c(O)c3)NC3(C(=O)Nc4ccc(F)cc43)[C@H]2C(=O)N1C1CCCC1. The molecule has 0 aromatic heterocycles. The third-order valence-electron chi connectivity index (χ3n) is 7.90. The number of benzene rings is 2. The van der Waals surface area contributed by atoms with Gasteiger partial charge in [-0.25, -0.2) is 4.39 Å². The van der Waals surface area contributed by atoms with Crippen LogP contribution in [0.2, 0.25) is 0 Å². The monoisotopic (exact) mass is 465 g/mol. The summed E-state index contributed by atoms with van der Waals surface area (Å²) in [7, 11) is 0. The van der Waals surface area contributed by atoms with Crippen molar-refractivity contribution in [2.24, 2.45) is 11.8 Å². The van der Waals surface area contributed by atoms with Crippen molar-refractivity contribution in [2.45, 2.75) is 49.7 Å². The molecule has 8 nitrogen and oxygen atoms in total. The fourth-order valence-electron chi connectivity index (χ4n) is 6.44. The maximum absolute atomic E-state index is 14.3. The Morgan fingerprint density at radius 2 is 1.76 bits per heavy atom. The Morgan fingerprint density at radius 3 is 2.50 bits per heavy atom. The molecule has 2 unspecified atom stereocenters. The summed E-state index contributed by atoms with van der Waals surface area (Å²) in [6.45, 7) is 0. The quantitative estimate of drug-likeness (QED) is 0.408. The van der Waals surface area contributed by atoms with E-state index in [1.165, 1.54) is 35.2 Å². The number of carbonyl (C=O) groups is 3. The van der Waals surface area contributed by atoms with Gasteiger partial charge in [-0.1, -0.05) is 18.9 Å². The number of rotatable bonds is 3. The molecule has 34 heavy (non-hydrogen) atoms. The van der Waals surface area contributed by atoms with Gasteiger partial charge >= 0.3 is 0 Å². The number of nitrogens with zero attached hydrogens (tertiary/aromatic N) is 1. The fourth-order valence-corrected chi connectivity index (χ4v) is 6.44. The first-order valence-corrected chi connectivity index (χ1v) is 11.6. The zero-order chi connectivity index (χ0) is 23.8. The van der Waals surface area contributed by atoms with Crippen LogP contribution in [0.5, 0.6) is 11.5 Å². The molecule has 6 rings (SSSR count). The van der Waals surface area contributed by atoms with E-state index in [0.29, 0.717) is 16.8 Å². The van der Waals surface area contributed by atoms with Crippen molar-refractivity contribution in [3.05, 3.63) is 53.3 Å². The maximum atomic E-state index is 14.3. The van der Waals surface area contributed by atoms with Gasteiger partial charge in [-0.05, 0) is 55.2 Å². The highest BCUT2D eigenvalue weighted by atomic mass is 19.1. The predicted octanol–water partition coefficient (Wildman–Crippen LogP) is 2.14. The third kappa shape index (κ3) is 2.76. The molecule has 1 spiro atoms. The molecule has 0 bridgehead atoms. The van der Waals surface area contributed by atoms with Crippen LogP contribution < -0.4 is 10.6 Å². The van der Waals surface area contributed by atoms with Crippen molar-refractivity contribution in [3.63, 3.8) is 0 Å². The summed E-state index contributed by atoms with van der Waals surface area (Å²) in [5.74, 6) is -4.10. The Bertz CT molecular complexity index is 1240. The topological polar surface area (TPSA) is 119 Å². The maximum Gasteiger partial charge on any atom is 0.250 e. The molecule has 4 atom stereocenters. The van der Waals surface area contributed by atoms with Crippen LogP contribution in [0, 0.1) is 17.7 Å². The Hall–Kier alpha value is -3.46. The van der Waals surface area contributed by atoms with Crippen LogP contribution in [-0.4, -0.2) is 44.9 Å². The number of phenolic OH excluding ortho intramolecular Hbond substituents is 2. The summed E-state index contributed by atoms with van der Waals surface area (Å²) in [6, 6.07) is 7.54. The summed E-state index contributed by atoms with van der Waals surface area (Å²) in [5, 5.41) is 25.6. The predicted molar refractivity (Wildman–Crippen MR) is 118 cm³/mol. The third-order valence-corrected chi connectivity index (χ3v) is 7.90. The van der Waals surface area contributed by atoms with Gasteiger partial charge < -0.3 is 15.5 Å². The highest BCUT2D eigenvalue weighted by Gasteiger charge is 2.71. The smallest absolute Gasteiger partial charge is 0.250 e. The standard InChI is InChI=1S/C25H24FN3O5/c26-13-6-7-16-15(11-13)25(24(34)27-16)21-20(22(32)29(23(21)33)14-3-1-2-4-14)17(28-25)9-12-5-8-18(30)19(31)10-12/h5-8,10-11,14,17,20-21,28,30-31H,1-4,9H2,(H,27,34)/t17?,20-,21+,25?/m0/s1. The molecule has 3 amide bonds. The lowest BCUT2D eigenvalue weighted by Gasteiger charge is -2.31.